The molecule has 0 unspecified atom stereocenters. The summed E-state index contributed by atoms with van der Waals surface area (Å²) in [6, 6.07) is 16.6. The summed E-state index contributed by atoms with van der Waals surface area (Å²) in [6.45, 7) is 8.50. The third kappa shape index (κ3) is 5.19. The van der Waals surface area contributed by atoms with Crippen molar-refractivity contribution in [3.05, 3.63) is 65.0 Å². The van der Waals surface area contributed by atoms with Crippen LogP contribution in [0.25, 0.3) is 22.1 Å². The first kappa shape index (κ1) is 22.1. The maximum atomic E-state index is 12.5. The molecule has 3 aromatic rings. The minimum atomic E-state index is -0.428. The van der Waals surface area contributed by atoms with Gasteiger partial charge in [-0.3, -0.25) is 4.79 Å². The normalized spacial score (nSPS) is 17.8. The van der Waals surface area contributed by atoms with E-state index in [1.807, 2.05) is 36.4 Å². The van der Waals surface area contributed by atoms with E-state index in [0.29, 0.717) is 11.3 Å². The summed E-state index contributed by atoms with van der Waals surface area (Å²) >= 11 is 0. The van der Waals surface area contributed by atoms with Gasteiger partial charge in [-0.1, -0.05) is 30.3 Å². The highest BCUT2D eigenvalue weighted by Gasteiger charge is 2.38. The molecule has 4 rings (SSSR count). The van der Waals surface area contributed by atoms with Crippen molar-refractivity contribution in [2.75, 3.05) is 6.61 Å². The lowest BCUT2D eigenvalue weighted by Gasteiger charge is -2.46. The maximum Gasteiger partial charge on any atom is 0.336 e. The molecule has 6 nitrogen and oxygen atoms in total. The van der Waals surface area contributed by atoms with Crippen LogP contribution >= 0.6 is 0 Å². The van der Waals surface area contributed by atoms with Crippen LogP contribution in [0.1, 0.15) is 40.5 Å². The summed E-state index contributed by atoms with van der Waals surface area (Å²) in [5, 5.41) is 7.52. The van der Waals surface area contributed by atoms with Crippen molar-refractivity contribution in [2.45, 2.75) is 57.7 Å². The summed E-state index contributed by atoms with van der Waals surface area (Å²) in [6.07, 6.45) is 1.71. The second kappa shape index (κ2) is 8.43. The molecule has 1 aromatic heterocycles. The molecular weight excluding hydrogens is 404 g/mol. The minimum Gasteiger partial charge on any atom is -0.484 e. The van der Waals surface area contributed by atoms with Crippen LogP contribution < -0.4 is 21.0 Å². The van der Waals surface area contributed by atoms with Crippen molar-refractivity contribution in [2.24, 2.45) is 0 Å². The Morgan fingerprint density at radius 3 is 2.44 bits per heavy atom. The van der Waals surface area contributed by atoms with Gasteiger partial charge in [0.15, 0.2) is 6.61 Å². The SMILES string of the molecule is CC1(C)CC(NC(=O)COc2ccc3c(-c4ccccc4)cc(=O)oc3c2)CC(C)(C)N1. The predicted octanol–water partition coefficient (Wildman–Crippen LogP) is 4.26. The van der Waals surface area contributed by atoms with E-state index < -0.39 is 5.63 Å². The van der Waals surface area contributed by atoms with Gasteiger partial charge in [-0.05, 0) is 63.8 Å². The Morgan fingerprint density at radius 1 is 1.06 bits per heavy atom. The van der Waals surface area contributed by atoms with E-state index in [1.165, 1.54) is 6.07 Å². The number of carbonyl (C=O) groups is 1. The molecule has 2 N–H and O–H groups in total. The Labute approximate surface area is 188 Å². The van der Waals surface area contributed by atoms with Gasteiger partial charge in [0.05, 0.1) is 0 Å². The average molecular weight is 435 g/mol. The topological polar surface area (TPSA) is 80.6 Å². The van der Waals surface area contributed by atoms with Crippen molar-refractivity contribution >= 4 is 16.9 Å². The Morgan fingerprint density at radius 2 is 1.75 bits per heavy atom. The summed E-state index contributed by atoms with van der Waals surface area (Å²) in [4.78, 5) is 24.6. The number of ether oxygens (including phenoxy) is 1. The van der Waals surface area contributed by atoms with Gasteiger partial charge in [-0.15, -0.1) is 0 Å². The highest BCUT2D eigenvalue weighted by molar-refractivity contribution is 5.93. The number of carbonyl (C=O) groups excluding carboxylic acids is 1. The van der Waals surface area contributed by atoms with Gasteiger partial charge in [0.25, 0.3) is 5.91 Å². The van der Waals surface area contributed by atoms with Crippen LogP contribution in [-0.2, 0) is 4.79 Å². The third-order valence-electron chi connectivity index (χ3n) is 5.73. The van der Waals surface area contributed by atoms with E-state index in [0.717, 1.165) is 29.4 Å². The second-order valence-electron chi connectivity index (χ2n) is 9.86. The number of rotatable bonds is 5. The average Bonchev–Trinajstić information content (AvgIpc) is 2.69. The van der Waals surface area contributed by atoms with E-state index in [2.05, 4.69) is 38.3 Å². The van der Waals surface area contributed by atoms with Crippen molar-refractivity contribution in [3.8, 4) is 16.9 Å². The lowest BCUT2D eigenvalue weighted by Crippen LogP contribution is -2.62. The molecule has 1 amide bonds. The summed E-state index contributed by atoms with van der Waals surface area (Å²) in [7, 11) is 0. The quantitative estimate of drug-likeness (QED) is 0.587. The van der Waals surface area contributed by atoms with Crippen LogP contribution in [0.3, 0.4) is 0 Å². The number of piperidine rings is 1. The van der Waals surface area contributed by atoms with Crippen molar-refractivity contribution in [1.29, 1.82) is 0 Å². The Hall–Kier alpha value is -3.12. The molecule has 6 heteroatoms. The molecule has 32 heavy (non-hydrogen) atoms. The predicted molar refractivity (Wildman–Crippen MR) is 126 cm³/mol. The standard InChI is InChI=1S/C26H30N2O4/c1-25(2)14-18(15-26(3,4)28-25)27-23(29)16-31-19-10-11-20-21(17-8-6-5-7-9-17)13-24(30)32-22(20)12-19/h5-13,18,28H,14-16H2,1-4H3,(H,27,29). The zero-order valence-corrected chi connectivity index (χ0v) is 19.0. The largest absolute Gasteiger partial charge is 0.484 e. The van der Waals surface area contributed by atoms with Crippen molar-refractivity contribution < 1.29 is 13.9 Å². The number of nitrogens with one attached hydrogen (secondary N) is 2. The number of hydrogen-bond donors (Lipinski definition) is 2. The molecule has 0 bridgehead atoms. The highest BCUT2D eigenvalue weighted by Crippen LogP contribution is 2.30. The number of hydrogen-bond acceptors (Lipinski definition) is 5. The lowest BCUT2D eigenvalue weighted by atomic mass is 9.79. The maximum absolute atomic E-state index is 12.5. The Balaban J connectivity index is 1.46. The van der Waals surface area contributed by atoms with Crippen LogP contribution in [-0.4, -0.2) is 29.6 Å². The van der Waals surface area contributed by atoms with Gasteiger partial charge in [-0.2, -0.15) is 0 Å². The molecule has 168 valence electrons. The molecule has 2 aromatic carbocycles. The molecule has 0 saturated carbocycles. The van der Waals surface area contributed by atoms with Gasteiger partial charge >= 0.3 is 5.63 Å². The molecular formula is C26H30N2O4. The van der Waals surface area contributed by atoms with Crippen molar-refractivity contribution in [3.63, 3.8) is 0 Å². The van der Waals surface area contributed by atoms with E-state index in [9.17, 15) is 9.59 Å². The van der Waals surface area contributed by atoms with E-state index in [-0.39, 0.29) is 29.6 Å². The molecule has 0 spiro atoms. The van der Waals surface area contributed by atoms with Gasteiger partial charge in [0.2, 0.25) is 0 Å². The molecule has 0 atom stereocenters. The van der Waals surface area contributed by atoms with Crippen LogP contribution in [0.4, 0.5) is 0 Å². The molecule has 1 aliphatic rings. The van der Waals surface area contributed by atoms with Gasteiger partial charge in [0.1, 0.15) is 11.3 Å². The minimum absolute atomic E-state index is 0.0487. The van der Waals surface area contributed by atoms with Crippen molar-refractivity contribution in [1.82, 2.24) is 10.6 Å². The van der Waals surface area contributed by atoms with Gasteiger partial charge in [0, 0.05) is 34.6 Å². The highest BCUT2D eigenvalue weighted by atomic mass is 16.5. The zero-order valence-electron chi connectivity index (χ0n) is 19.0. The summed E-state index contributed by atoms with van der Waals surface area (Å²) in [5.41, 5.74) is 1.64. The fraction of sp³-hybridized carbons (Fsp3) is 0.385. The first-order valence-electron chi connectivity index (χ1n) is 11.0. The van der Waals surface area contributed by atoms with Crippen LogP contribution in [0.15, 0.2) is 63.8 Å². The molecule has 2 heterocycles. The Kier molecular flexibility index (Phi) is 5.82. The number of amides is 1. The summed E-state index contributed by atoms with van der Waals surface area (Å²) < 4.78 is 11.1. The third-order valence-corrected chi connectivity index (χ3v) is 5.73. The molecule has 0 radical (unpaired) electrons. The number of fused-ring (bicyclic) bond motifs is 1. The van der Waals surface area contributed by atoms with E-state index in [1.54, 1.807) is 12.1 Å². The molecule has 0 aliphatic carbocycles. The Bertz CT molecular complexity index is 1170. The molecule has 1 saturated heterocycles. The zero-order chi connectivity index (χ0) is 22.9. The fourth-order valence-electron chi connectivity index (χ4n) is 4.93. The smallest absolute Gasteiger partial charge is 0.336 e. The first-order valence-corrected chi connectivity index (χ1v) is 11.0. The summed E-state index contributed by atoms with van der Waals surface area (Å²) in [5.74, 6) is 0.315. The first-order chi connectivity index (χ1) is 15.1. The second-order valence-corrected chi connectivity index (χ2v) is 9.86. The monoisotopic (exact) mass is 434 g/mol. The fourth-order valence-corrected chi connectivity index (χ4v) is 4.93. The van der Waals surface area contributed by atoms with Crippen LogP contribution in [0.5, 0.6) is 5.75 Å². The molecule has 1 aliphatic heterocycles. The van der Waals surface area contributed by atoms with E-state index >= 15 is 0 Å². The van der Waals surface area contributed by atoms with E-state index in [4.69, 9.17) is 9.15 Å². The number of benzene rings is 2. The van der Waals surface area contributed by atoms with Gasteiger partial charge in [-0.25, -0.2) is 4.79 Å². The van der Waals surface area contributed by atoms with Gasteiger partial charge < -0.3 is 19.8 Å². The lowest BCUT2D eigenvalue weighted by molar-refractivity contribution is -0.124. The molecule has 1 fully saturated rings. The van der Waals surface area contributed by atoms with Crippen LogP contribution in [0, 0.1) is 0 Å². The van der Waals surface area contributed by atoms with Crippen LogP contribution in [0.2, 0.25) is 0 Å².